The highest BCUT2D eigenvalue weighted by Gasteiger charge is 2.29. The van der Waals surface area contributed by atoms with E-state index in [9.17, 15) is 9.59 Å². The summed E-state index contributed by atoms with van der Waals surface area (Å²) >= 11 is 4.46. The second-order valence-corrected chi connectivity index (χ2v) is 9.27. The van der Waals surface area contributed by atoms with Gasteiger partial charge in [0.15, 0.2) is 11.6 Å². The number of fused-ring (bicyclic) bond motifs is 4. The molecule has 2 aliphatic rings. The lowest BCUT2D eigenvalue weighted by Gasteiger charge is -2.24. The molecule has 0 unspecified atom stereocenters. The van der Waals surface area contributed by atoms with Gasteiger partial charge in [0, 0.05) is 29.4 Å². The van der Waals surface area contributed by atoms with E-state index < -0.39 is 0 Å². The van der Waals surface area contributed by atoms with E-state index in [1.54, 1.807) is 0 Å². The molecule has 0 heterocycles. The molecule has 5 rings (SSSR count). The number of ketones is 2. The second-order valence-electron chi connectivity index (χ2n) is 6.78. The van der Waals surface area contributed by atoms with Crippen LogP contribution in [0.15, 0.2) is 48.5 Å². The van der Waals surface area contributed by atoms with E-state index in [1.165, 1.54) is 0 Å². The number of benzene rings is 3. The van der Waals surface area contributed by atoms with Crippen LogP contribution in [0.1, 0.15) is 54.1 Å². The first-order chi connectivity index (χ1) is 12.5. The van der Waals surface area contributed by atoms with Crippen molar-refractivity contribution in [3.63, 3.8) is 0 Å². The zero-order valence-corrected chi connectivity index (χ0v) is 17.9. The number of hydrogen-bond donors (Lipinski definition) is 0. The molecule has 0 N–H and O–H groups in total. The summed E-state index contributed by atoms with van der Waals surface area (Å²) in [4.78, 5) is 26.1. The van der Waals surface area contributed by atoms with Crippen molar-refractivity contribution in [1.29, 1.82) is 0 Å². The van der Waals surface area contributed by atoms with Crippen molar-refractivity contribution in [1.82, 2.24) is 0 Å². The highest BCUT2D eigenvalue weighted by Crippen LogP contribution is 2.35. The van der Waals surface area contributed by atoms with Gasteiger partial charge in [0.1, 0.15) is 0 Å². The van der Waals surface area contributed by atoms with Crippen LogP contribution in [0.25, 0.3) is 0 Å². The van der Waals surface area contributed by atoms with Crippen molar-refractivity contribution in [3.8, 4) is 0 Å². The Labute approximate surface area is 178 Å². The van der Waals surface area contributed by atoms with Crippen molar-refractivity contribution < 1.29 is 9.59 Å². The first-order valence-electron chi connectivity index (χ1n) is 8.33. The predicted octanol–water partition coefficient (Wildman–Crippen LogP) is 5.17. The molecule has 0 amide bonds. The number of carbonyl (C=O) groups is 2. The van der Waals surface area contributed by atoms with E-state index in [4.69, 9.17) is 0 Å². The van der Waals surface area contributed by atoms with Crippen LogP contribution in [-0.4, -0.2) is 11.6 Å². The van der Waals surface area contributed by atoms with Crippen molar-refractivity contribution in [2.45, 2.75) is 12.8 Å². The van der Waals surface area contributed by atoms with Gasteiger partial charge >= 0.3 is 0 Å². The molecule has 2 aliphatic carbocycles. The van der Waals surface area contributed by atoms with Crippen molar-refractivity contribution in [2.24, 2.45) is 0 Å². The van der Waals surface area contributed by atoms with Crippen LogP contribution >= 0.6 is 45.2 Å². The van der Waals surface area contributed by atoms with Gasteiger partial charge in [0.05, 0.1) is 0 Å². The SMILES string of the molecule is O=C1c2cc(I)ccc2Cc2cc3c(cc21)C(=O)c1cc(I)ccc1C3. The van der Waals surface area contributed by atoms with Gasteiger partial charge in [-0.25, -0.2) is 0 Å². The fourth-order valence-corrected chi connectivity index (χ4v) is 4.92. The van der Waals surface area contributed by atoms with Crippen LogP contribution in [0, 0.1) is 7.14 Å². The molecule has 0 radical (unpaired) electrons. The lowest BCUT2D eigenvalue weighted by Crippen LogP contribution is -2.21. The molecular formula is C22H12I2O2. The molecule has 4 heteroatoms. The van der Waals surface area contributed by atoms with Crippen LogP contribution in [-0.2, 0) is 12.8 Å². The Morgan fingerprint density at radius 3 is 1.42 bits per heavy atom. The Balaban J connectivity index is 1.67. The Morgan fingerprint density at radius 2 is 0.962 bits per heavy atom. The minimum absolute atomic E-state index is 0.0313. The molecule has 126 valence electrons. The van der Waals surface area contributed by atoms with E-state index in [1.807, 2.05) is 42.5 Å². The normalized spacial score (nSPS) is 14.4. The van der Waals surface area contributed by atoms with Gasteiger partial charge in [-0.1, -0.05) is 18.2 Å². The van der Waals surface area contributed by atoms with Gasteiger partial charge in [-0.2, -0.15) is 0 Å². The summed E-state index contributed by atoms with van der Waals surface area (Å²) in [5, 5.41) is 0. The first-order valence-corrected chi connectivity index (χ1v) is 10.5. The van der Waals surface area contributed by atoms with Gasteiger partial charge in [0.25, 0.3) is 0 Å². The maximum absolute atomic E-state index is 13.0. The first kappa shape index (κ1) is 16.6. The largest absolute Gasteiger partial charge is 0.289 e. The zero-order chi connectivity index (χ0) is 18.0. The minimum atomic E-state index is 0.0313. The molecule has 0 bridgehead atoms. The molecule has 3 aromatic rings. The molecule has 0 saturated heterocycles. The maximum Gasteiger partial charge on any atom is 0.193 e. The predicted molar refractivity (Wildman–Crippen MR) is 117 cm³/mol. The summed E-state index contributed by atoms with van der Waals surface area (Å²) in [5.74, 6) is 0.0626. The number of rotatable bonds is 0. The molecule has 0 aliphatic heterocycles. The Kier molecular flexibility index (Phi) is 3.83. The van der Waals surface area contributed by atoms with Crippen LogP contribution < -0.4 is 0 Å². The van der Waals surface area contributed by atoms with Crippen LogP contribution in [0.5, 0.6) is 0 Å². The number of carbonyl (C=O) groups excluding carboxylic acids is 2. The Hall–Kier alpha value is -1.54. The third-order valence-electron chi connectivity index (χ3n) is 5.21. The number of halogens is 2. The van der Waals surface area contributed by atoms with Crippen molar-refractivity contribution >= 4 is 56.7 Å². The molecule has 3 aromatic carbocycles. The van der Waals surface area contributed by atoms with E-state index >= 15 is 0 Å². The summed E-state index contributed by atoms with van der Waals surface area (Å²) in [5.41, 5.74) is 7.10. The lowest BCUT2D eigenvalue weighted by molar-refractivity contribution is 0.103. The van der Waals surface area contributed by atoms with E-state index in [-0.39, 0.29) is 11.6 Å². The Morgan fingerprint density at radius 1 is 0.538 bits per heavy atom. The highest BCUT2D eigenvalue weighted by molar-refractivity contribution is 14.1. The topological polar surface area (TPSA) is 34.1 Å². The van der Waals surface area contributed by atoms with E-state index in [2.05, 4.69) is 51.2 Å². The smallest absolute Gasteiger partial charge is 0.193 e. The summed E-state index contributed by atoms with van der Waals surface area (Å²) < 4.78 is 2.10. The minimum Gasteiger partial charge on any atom is -0.289 e. The molecule has 2 nitrogen and oxygen atoms in total. The molecule has 0 aromatic heterocycles. The van der Waals surface area contributed by atoms with Crippen molar-refractivity contribution in [2.75, 3.05) is 0 Å². The summed E-state index contributed by atoms with van der Waals surface area (Å²) in [6.07, 6.45) is 1.49. The van der Waals surface area contributed by atoms with E-state index in [0.717, 1.165) is 53.4 Å². The van der Waals surface area contributed by atoms with Gasteiger partial charge in [0.2, 0.25) is 0 Å². The summed E-state index contributed by atoms with van der Waals surface area (Å²) in [6, 6.07) is 16.0. The van der Waals surface area contributed by atoms with Gasteiger partial charge in [-0.3, -0.25) is 9.59 Å². The van der Waals surface area contributed by atoms with Gasteiger partial charge in [-0.05, 0) is 111 Å². The van der Waals surface area contributed by atoms with E-state index in [0.29, 0.717) is 11.1 Å². The van der Waals surface area contributed by atoms with Gasteiger partial charge < -0.3 is 0 Å². The quantitative estimate of drug-likeness (QED) is 0.245. The molecule has 0 atom stereocenters. The standard InChI is InChI=1S/C22H12I2O2/c23-15-3-1-11-5-13-7-14-6-12-2-4-16(24)9-18(12)22(26)20(14)10-19(13)21(25)17(11)8-15/h1-4,7-10H,5-6H2. The van der Waals surface area contributed by atoms with Crippen LogP contribution in [0.3, 0.4) is 0 Å². The number of hydrogen-bond acceptors (Lipinski definition) is 2. The van der Waals surface area contributed by atoms with Crippen LogP contribution in [0.2, 0.25) is 0 Å². The third kappa shape index (κ3) is 2.49. The third-order valence-corrected chi connectivity index (χ3v) is 6.56. The fourth-order valence-electron chi connectivity index (χ4n) is 3.94. The fraction of sp³-hybridized carbons (Fsp3) is 0.0909. The molecule has 0 fully saturated rings. The maximum atomic E-state index is 13.0. The monoisotopic (exact) mass is 562 g/mol. The lowest BCUT2D eigenvalue weighted by atomic mass is 9.78. The highest BCUT2D eigenvalue weighted by atomic mass is 127. The zero-order valence-electron chi connectivity index (χ0n) is 13.6. The second kappa shape index (κ2) is 5.99. The van der Waals surface area contributed by atoms with Gasteiger partial charge in [-0.15, -0.1) is 0 Å². The molecule has 0 saturated carbocycles. The molecular weight excluding hydrogens is 550 g/mol. The summed E-state index contributed by atoms with van der Waals surface area (Å²) in [6.45, 7) is 0. The average Bonchev–Trinajstić information content (AvgIpc) is 2.62. The molecule has 0 spiro atoms. The summed E-state index contributed by atoms with van der Waals surface area (Å²) in [7, 11) is 0. The van der Waals surface area contributed by atoms with Crippen LogP contribution in [0.4, 0.5) is 0 Å². The average molecular weight is 562 g/mol. The Bertz CT molecular complexity index is 1060. The van der Waals surface area contributed by atoms with Crippen molar-refractivity contribution in [3.05, 3.63) is 100 Å². The molecule has 26 heavy (non-hydrogen) atoms.